The van der Waals surface area contributed by atoms with Crippen molar-refractivity contribution >= 4 is 23.5 Å². The fourth-order valence-corrected chi connectivity index (χ4v) is 4.04. The number of hydrogen-bond acceptors (Lipinski definition) is 8. The smallest absolute Gasteiger partial charge is 0.238 e. The summed E-state index contributed by atoms with van der Waals surface area (Å²) in [4.78, 5) is 15.6. The van der Waals surface area contributed by atoms with Gasteiger partial charge in [-0.15, -0.1) is 0 Å². The number of aryl methyl sites for hydroxylation is 1. The van der Waals surface area contributed by atoms with Crippen molar-refractivity contribution in [1.82, 2.24) is 15.0 Å². The highest BCUT2D eigenvalue weighted by molar-refractivity contribution is 8.00. The standard InChI is InChI=1S/C24H23F2N5O2S/c1-3-20-18(23(29-15-28-20)31-8-10-33-11-9-31)6-4-16-12-21(24(32-2)27-14-16)30-34-22-7-5-17(25)13-19(22)26/h5,7,12-15,30H,3,8-11H2,1-2H3. The van der Waals surface area contributed by atoms with E-state index >= 15 is 0 Å². The van der Waals surface area contributed by atoms with Gasteiger partial charge in [0.15, 0.2) is 0 Å². The molecule has 1 N–H and O–H groups in total. The predicted molar refractivity (Wildman–Crippen MR) is 127 cm³/mol. The fourth-order valence-electron chi connectivity index (χ4n) is 3.38. The van der Waals surface area contributed by atoms with E-state index in [9.17, 15) is 8.78 Å². The van der Waals surface area contributed by atoms with Crippen LogP contribution in [-0.4, -0.2) is 48.4 Å². The van der Waals surface area contributed by atoms with Crippen molar-refractivity contribution in [3.05, 3.63) is 65.2 Å². The Morgan fingerprint density at radius 2 is 1.97 bits per heavy atom. The number of nitrogens with one attached hydrogen (secondary N) is 1. The molecule has 1 fully saturated rings. The predicted octanol–water partition coefficient (Wildman–Crippen LogP) is 4.08. The van der Waals surface area contributed by atoms with Gasteiger partial charge in [-0.25, -0.2) is 23.7 Å². The second-order valence-corrected chi connectivity index (χ2v) is 8.13. The first kappa shape index (κ1) is 23.7. The van der Waals surface area contributed by atoms with Crippen molar-refractivity contribution in [2.24, 2.45) is 0 Å². The van der Waals surface area contributed by atoms with Crippen molar-refractivity contribution in [2.75, 3.05) is 43.0 Å². The fraction of sp³-hybridized carbons (Fsp3) is 0.292. The molecule has 0 saturated carbocycles. The maximum atomic E-state index is 14.0. The first-order chi connectivity index (χ1) is 16.6. The van der Waals surface area contributed by atoms with Crippen LogP contribution in [0.2, 0.25) is 0 Å². The summed E-state index contributed by atoms with van der Waals surface area (Å²) in [6.45, 7) is 4.79. The summed E-state index contributed by atoms with van der Waals surface area (Å²) < 4.78 is 41.0. The Morgan fingerprint density at radius 1 is 1.15 bits per heavy atom. The normalized spacial score (nSPS) is 13.2. The van der Waals surface area contributed by atoms with Gasteiger partial charge in [-0.2, -0.15) is 0 Å². The van der Waals surface area contributed by atoms with Crippen molar-refractivity contribution in [3.8, 4) is 17.7 Å². The summed E-state index contributed by atoms with van der Waals surface area (Å²) in [5.74, 6) is 6.20. The molecule has 0 aliphatic carbocycles. The number of nitrogens with zero attached hydrogens (tertiary/aromatic N) is 4. The van der Waals surface area contributed by atoms with Gasteiger partial charge in [0, 0.05) is 30.9 Å². The van der Waals surface area contributed by atoms with Crippen molar-refractivity contribution in [3.63, 3.8) is 0 Å². The molecule has 0 radical (unpaired) electrons. The van der Waals surface area contributed by atoms with E-state index in [1.807, 2.05) is 6.92 Å². The van der Waals surface area contributed by atoms with Gasteiger partial charge in [-0.05, 0) is 36.6 Å². The summed E-state index contributed by atoms with van der Waals surface area (Å²) in [6.07, 6.45) is 3.89. The monoisotopic (exact) mass is 483 g/mol. The highest BCUT2D eigenvalue weighted by Gasteiger charge is 2.18. The Labute approximate surface area is 201 Å². The molecule has 0 spiro atoms. The molecule has 0 atom stereocenters. The van der Waals surface area contributed by atoms with E-state index in [2.05, 4.69) is 36.4 Å². The van der Waals surface area contributed by atoms with Crippen LogP contribution in [0.4, 0.5) is 20.3 Å². The molecule has 7 nitrogen and oxygen atoms in total. The number of anilines is 2. The van der Waals surface area contributed by atoms with E-state index < -0.39 is 11.6 Å². The topological polar surface area (TPSA) is 72.4 Å². The Morgan fingerprint density at radius 3 is 2.71 bits per heavy atom. The van der Waals surface area contributed by atoms with Crippen LogP contribution >= 0.6 is 11.9 Å². The Balaban J connectivity index is 1.61. The van der Waals surface area contributed by atoms with Crippen molar-refractivity contribution in [2.45, 2.75) is 18.2 Å². The molecule has 0 unspecified atom stereocenters. The molecular formula is C24H23F2N5O2S. The van der Waals surface area contributed by atoms with Gasteiger partial charge in [0.05, 0.1) is 36.5 Å². The maximum absolute atomic E-state index is 14.0. The highest BCUT2D eigenvalue weighted by atomic mass is 32.2. The molecule has 34 heavy (non-hydrogen) atoms. The summed E-state index contributed by atoms with van der Waals surface area (Å²) in [5, 5.41) is 0. The Hall–Kier alpha value is -3.42. The van der Waals surface area contributed by atoms with Crippen LogP contribution in [0.15, 0.2) is 41.7 Å². The first-order valence-electron chi connectivity index (χ1n) is 10.7. The molecule has 1 saturated heterocycles. The molecule has 0 bridgehead atoms. The number of halogens is 2. The summed E-state index contributed by atoms with van der Waals surface area (Å²) in [5.41, 5.74) is 2.78. The van der Waals surface area contributed by atoms with E-state index in [1.165, 1.54) is 19.2 Å². The zero-order valence-corrected chi connectivity index (χ0v) is 19.6. The molecule has 1 aliphatic heterocycles. The minimum Gasteiger partial charge on any atom is -0.480 e. The molecule has 176 valence electrons. The minimum absolute atomic E-state index is 0.240. The first-order valence-corrected chi connectivity index (χ1v) is 11.5. The van der Waals surface area contributed by atoms with Crippen LogP contribution in [-0.2, 0) is 11.2 Å². The average Bonchev–Trinajstić information content (AvgIpc) is 2.87. The van der Waals surface area contributed by atoms with Crippen LogP contribution in [0.25, 0.3) is 0 Å². The summed E-state index contributed by atoms with van der Waals surface area (Å²) >= 11 is 0.990. The van der Waals surface area contributed by atoms with Crippen LogP contribution in [0.1, 0.15) is 23.7 Å². The second-order valence-electron chi connectivity index (χ2n) is 7.28. The molecule has 3 aromatic rings. The zero-order chi connectivity index (χ0) is 23.9. The summed E-state index contributed by atoms with van der Waals surface area (Å²) in [6, 6.07) is 5.16. The minimum atomic E-state index is -0.660. The van der Waals surface area contributed by atoms with Gasteiger partial charge < -0.3 is 19.1 Å². The second kappa shape index (κ2) is 11.1. The number of hydrogen-bond donors (Lipinski definition) is 1. The van der Waals surface area contributed by atoms with Crippen LogP contribution in [0, 0.1) is 23.5 Å². The van der Waals surface area contributed by atoms with Gasteiger partial charge in [0.2, 0.25) is 5.88 Å². The number of methoxy groups -OCH3 is 1. The van der Waals surface area contributed by atoms with Gasteiger partial charge in [0.1, 0.15) is 29.5 Å². The van der Waals surface area contributed by atoms with E-state index in [0.717, 1.165) is 54.6 Å². The maximum Gasteiger partial charge on any atom is 0.238 e. The van der Waals surface area contributed by atoms with E-state index in [0.29, 0.717) is 30.3 Å². The van der Waals surface area contributed by atoms with Crippen molar-refractivity contribution < 1.29 is 18.3 Å². The molecule has 3 heterocycles. The largest absolute Gasteiger partial charge is 0.480 e. The number of benzene rings is 1. The number of aromatic nitrogens is 3. The van der Waals surface area contributed by atoms with E-state index in [-0.39, 0.29) is 4.90 Å². The van der Waals surface area contributed by atoms with E-state index in [1.54, 1.807) is 18.6 Å². The third-order valence-electron chi connectivity index (χ3n) is 5.09. The average molecular weight is 484 g/mol. The lowest BCUT2D eigenvalue weighted by atomic mass is 10.1. The quantitative estimate of drug-likeness (QED) is 0.416. The van der Waals surface area contributed by atoms with Gasteiger partial charge in [0.25, 0.3) is 0 Å². The summed E-state index contributed by atoms with van der Waals surface area (Å²) in [7, 11) is 1.49. The van der Waals surface area contributed by atoms with Gasteiger partial charge in [-0.3, -0.25) is 0 Å². The van der Waals surface area contributed by atoms with Gasteiger partial charge >= 0.3 is 0 Å². The van der Waals surface area contributed by atoms with E-state index in [4.69, 9.17) is 9.47 Å². The third kappa shape index (κ3) is 5.55. The van der Waals surface area contributed by atoms with Crippen LogP contribution < -0.4 is 14.4 Å². The van der Waals surface area contributed by atoms with Crippen LogP contribution in [0.3, 0.4) is 0 Å². The van der Waals surface area contributed by atoms with Crippen molar-refractivity contribution in [1.29, 1.82) is 0 Å². The molecular weight excluding hydrogens is 460 g/mol. The SMILES string of the molecule is CCc1ncnc(N2CCOCC2)c1C#Cc1cnc(OC)c(NSc2ccc(F)cc2F)c1. The highest BCUT2D eigenvalue weighted by Crippen LogP contribution is 2.30. The van der Waals surface area contributed by atoms with Crippen LogP contribution in [0.5, 0.6) is 5.88 Å². The lowest BCUT2D eigenvalue weighted by molar-refractivity contribution is 0.122. The molecule has 1 aliphatic rings. The molecule has 1 aromatic carbocycles. The number of morpholine rings is 1. The lowest BCUT2D eigenvalue weighted by Gasteiger charge is -2.28. The lowest BCUT2D eigenvalue weighted by Crippen LogP contribution is -2.37. The molecule has 0 amide bonds. The molecule has 2 aromatic heterocycles. The Kier molecular flexibility index (Phi) is 7.77. The number of ether oxygens (including phenoxy) is 2. The number of rotatable bonds is 6. The molecule has 10 heteroatoms. The zero-order valence-electron chi connectivity index (χ0n) is 18.8. The van der Waals surface area contributed by atoms with Gasteiger partial charge in [-0.1, -0.05) is 18.8 Å². The molecule has 4 rings (SSSR count). The number of pyridine rings is 1. The third-order valence-corrected chi connectivity index (χ3v) is 5.97. The Bertz CT molecular complexity index is 1230.